The van der Waals surface area contributed by atoms with E-state index in [9.17, 15) is 5.11 Å². The molecule has 1 aromatic rings. The number of aryl methyl sites for hydroxylation is 1. The zero-order chi connectivity index (χ0) is 17.8. The number of hydrogen-bond donors (Lipinski definition) is 1. The van der Waals surface area contributed by atoms with E-state index in [1.807, 2.05) is 0 Å². The standard InChI is InChI=1S/C23H34O2/c1-15(2)14-25-17-6-8-18-16(13-17)5-7-20-19(18)9-11-22(3)21(20)10-12-23(22,4)24/h6,8,13,15,19-21,24H,5,7,9-12,14H2,1-4H3/t19-,20-,21+,22+,23+/m1/s1. The van der Waals surface area contributed by atoms with Crippen LogP contribution in [0, 0.1) is 23.2 Å². The lowest BCUT2D eigenvalue weighted by Crippen LogP contribution is -2.49. The summed E-state index contributed by atoms with van der Waals surface area (Å²) in [4.78, 5) is 0. The Labute approximate surface area is 153 Å². The Morgan fingerprint density at radius 2 is 1.96 bits per heavy atom. The van der Waals surface area contributed by atoms with Crippen LogP contribution in [0.3, 0.4) is 0 Å². The number of ether oxygens (including phenoxy) is 1. The molecule has 0 radical (unpaired) electrons. The van der Waals surface area contributed by atoms with E-state index in [0.29, 0.717) is 17.8 Å². The molecule has 138 valence electrons. The molecule has 1 N–H and O–H groups in total. The van der Waals surface area contributed by atoms with Crippen molar-refractivity contribution in [3.8, 4) is 5.75 Å². The van der Waals surface area contributed by atoms with Crippen molar-refractivity contribution in [2.75, 3.05) is 6.61 Å². The quantitative estimate of drug-likeness (QED) is 0.804. The molecule has 0 saturated heterocycles. The van der Waals surface area contributed by atoms with Crippen LogP contribution in [-0.4, -0.2) is 17.3 Å². The van der Waals surface area contributed by atoms with E-state index in [4.69, 9.17) is 4.74 Å². The van der Waals surface area contributed by atoms with Crippen LogP contribution in [0.2, 0.25) is 0 Å². The summed E-state index contributed by atoms with van der Waals surface area (Å²) in [5, 5.41) is 11.0. The van der Waals surface area contributed by atoms with Gasteiger partial charge >= 0.3 is 0 Å². The molecule has 0 aromatic heterocycles. The zero-order valence-electron chi connectivity index (χ0n) is 16.3. The van der Waals surface area contributed by atoms with E-state index in [0.717, 1.165) is 31.1 Å². The maximum Gasteiger partial charge on any atom is 0.119 e. The molecule has 25 heavy (non-hydrogen) atoms. The van der Waals surface area contributed by atoms with Gasteiger partial charge in [-0.05, 0) is 97.8 Å². The highest BCUT2D eigenvalue weighted by molar-refractivity contribution is 5.41. The van der Waals surface area contributed by atoms with Crippen molar-refractivity contribution in [1.29, 1.82) is 0 Å². The summed E-state index contributed by atoms with van der Waals surface area (Å²) in [6, 6.07) is 6.83. The molecule has 2 fully saturated rings. The zero-order valence-corrected chi connectivity index (χ0v) is 16.3. The van der Waals surface area contributed by atoms with Crippen molar-refractivity contribution in [1.82, 2.24) is 0 Å². The summed E-state index contributed by atoms with van der Waals surface area (Å²) in [6.45, 7) is 9.62. The van der Waals surface area contributed by atoms with Crippen molar-refractivity contribution in [2.24, 2.45) is 23.2 Å². The van der Waals surface area contributed by atoms with Gasteiger partial charge in [-0.1, -0.05) is 26.8 Å². The summed E-state index contributed by atoms with van der Waals surface area (Å²) < 4.78 is 5.95. The van der Waals surface area contributed by atoms with Crippen LogP contribution in [-0.2, 0) is 6.42 Å². The summed E-state index contributed by atoms with van der Waals surface area (Å²) in [7, 11) is 0. The first-order chi connectivity index (χ1) is 11.8. The third-order valence-electron chi connectivity index (χ3n) is 7.84. The summed E-state index contributed by atoms with van der Waals surface area (Å²) >= 11 is 0. The normalized spacial score (nSPS) is 39.7. The van der Waals surface area contributed by atoms with Gasteiger partial charge in [-0.25, -0.2) is 0 Å². The topological polar surface area (TPSA) is 29.5 Å². The van der Waals surface area contributed by atoms with Crippen molar-refractivity contribution in [2.45, 2.75) is 77.7 Å². The first-order valence-corrected chi connectivity index (χ1v) is 10.3. The molecule has 3 aliphatic carbocycles. The van der Waals surface area contributed by atoms with E-state index in [1.165, 1.54) is 31.2 Å². The molecular weight excluding hydrogens is 308 g/mol. The fourth-order valence-electron chi connectivity index (χ4n) is 6.15. The Balaban J connectivity index is 1.58. The average molecular weight is 343 g/mol. The average Bonchev–Trinajstić information content (AvgIpc) is 2.82. The van der Waals surface area contributed by atoms with E-state index in [2.05, 4.69) is 45.9 Å². The van der Waals surface area contributed by atoms with Gasteiger partial charge in [0, 0.05) is 0 Å². The Hall–Kier alpha value is -1.02. The smallest absolute Gasteiger partial charge is 0.119 e. The van der Waals surface area contributed by atoms with Gasteiger partial charge in [-0.15, -0.1) is 0 Å². The van der Waals surface area contributed by atoms with Crippen LogP contribution in [0.1, 0.15) is 76.8 Å². The SMILES string of the molecule is CC(C)COc1ccc2c(c1)CC[C@@H]1[C@@H]2CC[C@@]2(C)[C@H]1CC[C@]2(C)O. The predicted octanol–water partition coefficient (Wildman–Crippen LogP) is 5.33. The van der Waals surface area contributed by atoms with Gasteiger partial charge < -0.3 is 9.84 Å². The molecule has 3 aliphatic rings. The largest absolute Gasteiger partial charge is 0.493 e. The van der Waals surface area contributed by atoms with Crippen molar-refractivity contribution >= 4 is 0 Å². The summed E-state index contributed by atoms with van der Waals surface area (Å²) in [6.07, 6.45) is 7.03. The molecule has 4 rings (SSSR count). The van der Waals surface area contributed by atoms with Crippen molar-refractivity contribution in [3.05, 3.63) is 29.3 Å². The molecule has 5 atom stereocenters. The number of aliphatic hydroxyl groups is 1. The van der Waals surface area contributed by atoms with E-state index in [-0.39, 0.29) is 5.41 Å². The first-order valence-electron chi connectivity index (χ1n) is 10.3. The Kier molecular flexibility index (Phi) is 4.18. The molecule has 0 bridgehead atoms. The summed E-state index contributed by atoms with van der Waals surface area (Å²) in [5.74, 6) is 3.73. The third-order valence-corrected chi connectivity index (χ3v) is 7.84. The highest BCUT2D eigenvalue weighted by Crippen LogP contribution is 2.64. The van der Waals surface area contributed by atoms with Crippen LogP contribution in [0.4, 0.5) is 0 Å². The van der Waals surface area contributed by atoms with Gasteiger partial charge in [-0.3, -0.25) is 0 Å². The molecule has 2 saturated carbocycles. The molecule has 0 unspecified atom stereocenters. The maximum absolute atomic E-state index is 11.0. The first kappa shape index (κ1) is 17.4. The molecule has 0 heterocycles. The van der Waals surface area contributed by atoms with Crippen molar-refractivity contribution < 1.29 is 9.84 Å². The number of hydrogen-bond acceptors (Lipinski definition) is 2. The minimum Gasteiger partial charge on any atom is -0.493 e. The van der Waals surface area contributed by atoms with Gasteiger partial charge in [0.2, 0.25) is 0 Å². The Morgan fingerprint density at radius 3 is 2.72 bits per heavy atom. The second-order valence-corrected chi connectivity index (χ2v) is 9.75. The number of rotatable bonds is 3. The second-order valence-electron chi connectivity index (χ2n) is 9.75. The van der Waals surface area contributed by atoms with E-state index >= 15 is 0 Å². The fraction of sp³-hybridized carbons (Fsp3) is 0.739. The maximum atomic E-state index is 11.0. The van der Waals surface area contributed by atoms with Crippen LogP contribution in [0.25, 0.3) is 0 Å². The Morgan fingerprint density at radius 1 is 1.16 bits per heavy atom. The Bertz CT molecular complexity index is 647. The minimum atomic E-state index is -0.475. The summed E-state index contributed by atoms with van der Waals surface area (Å²) in [5.41, 5.74) is 2.72. The van der Waals surface area contributed by atoms with Crippen molar-refractivity contribution in [3.63, 3.8) is 0 Å². The lowest BCUT2D eigenvalue weighted by molar-refractivity contribution is -0.0901. The molecule has 2 nitrogen and oxygen atoms in total. The number of fused-ring (bicyclic) bond motifs is 5. The fourth-order valence-corrected chi connectivity index (χ4v) is 6.15. The third kappa shape index (κ3) is 2.72. The molecule has 0 aliphatic heterocycles. The molecule has 0 spiro atoms. The highest BCUT2D eigenvalue weighted by Gasteiger charge is 2.59. The monoisotopic (exact) mass is 342 g/mol. The number of benzene rings is 1. The minimum absolute atomic E-state index is 0.117. The van der Waals surface area contributed by atoms with E-state index < -0.39 is 5.60 Å². The van der Waals surface area contributed by atoms with Gasteiger partial charge in [0.05, 0.1) is 12.2 Å². The van der Waals surface area contributed by atoms with Gasteiger partial charge in [0.1, 0.15) is 5.75 Å². The van der Waals surface area contributed by atoms with Gasteiger partial charge in [-0.2, -0.15) is 0 Å². The lowest BCUT2D eigenvalue weighted by Gasteiger charge is -2.52. The van der Waals surface area contributed by atoms with E-state index in [1.54, 1.807) is 5.56 Å². The molecule has 2 heteroatoms. The lowest BCUT2D eigenvalue weighted by atomic mass is 9.53. The molecule has 0 amide bonds. The van der Waals surface area contributed by atoms with Crippen LogP contribution in [0.5, 0.6) is 5.75 Å². The predicted molar refractivity (Wildman–Crippen MR) is 102 cm³/mol. The van der Waals surface area contributed by atoms with Gasteiger partial charge in [0.25, 0.3) is 0 Å². The van der Waals surface area contributed by atoms with Gasteiger partial charge in [0.15, 0.2) is 0 Å². The van der Waals surface area contributed by atoms with Crippen LogP contribution in [0.15, 0.2) is 18.2 Å². The second kappa shape index (κ2) is 6.01. The van der Waals surface area contributed by atoms with Crippen LogP contribution < -0.4 is 4.74 Å². The van der Waals surface area contributed by atoms with Crippen LogP contribution >= 0.6 is 0 Å². The molecular formula is C23H34O2. The highest BCUT2D eigenvalue weighted by atomic mass is 16.5. The molecule has 1 aromatic carbocycles.